The number of nitriles is 1. The molecule has 1 saturated heterocycles. The van der Waals surface area contributed by atoms with Crippen LogP contribution in [0.4, 0.5) is 5.82 Å². The molecule has 0 saturated carbocycles. The monoisotopic (exact) mass is 379 g/mol. The standard InChI is InChI=1S/C21H29N7/c1-16-10-13-27(14-11-16)21(24-2)25-12-6-9-19-18(15-22)20(23)28(26-19)17-7-4-3-5-8-17/h3-5,7-8,16H,6,9-14,23H2,1-2H3,(H,24,25). The molecule has 0 aliphatic carbocycles. The van der Waals surface area contributed by atoms with Crippen molar-refractivity contribution in [3.05, 3.63) is 41.6 Å². The van der Waals surface area contributed by atoms with Gasteiger partial charge in [0.2, 0.25) is 0 Å². The molecule has 2 heterocycles. The molecule has 1 aromatic heterocycles. The van der Waals surface area contributed by atoms with E-state index in [0.29, 0.717) is 17.8 Å². The summed E-state index contributed by atoms with van der Waals surface area (Å²) in [5.74, 6) is 2.15. The number of para-hydroxylation sites is 1. The summed E-state index contributed by atoms with van der Waals surface area (Å²) in [7, 11) is 1.83. The fourth-order valence-corrected chi connectivity index (χ4v) is 3.55. The Balaban J connectivity index is 1.58. The van der Waals surface area contributed by atoms with Crippen LogP contribution in [0.1, 0.15) is 37.4 Å². The van der Waals surface area contributed by atoms with Crippen LogP contribution in [0.15, 0.2) is 35.3 Å². The zero-order valence-corrected chi connectivity index (χ0v) is 16.7. The lowest BCUT2D eigenvalue weighted by Crippen LogP contribution is -2.45. The van der Waals surface area contributed by atoms with Gasteiger partial charge in [-0.15, -0.1) is 0 Å². The molecule has 0 spiro atoms. The van der Waals surface area contributed by atoms with E-state index in [1.807, 2.05) is 37.4 Å². The minimum atomic E-state index is 0.398. The number of nitrogens with two attached hydrogens (primary N) is 1. The largest absolute Gasteiger partial charge is 0.382 e. The van der Waals surface area contributed by atoms with Crippen molar-refractivity contribution in [2.24, 2.45) is 10.9 Å². The fraction of sp³-hybridized carbons (Fsp3) is 0.476. The van der Waals surface area contributed by atoms with Crippen LogP contribution in [0.2, 0.25) is 0 Å². The minimum Gasteiger partial charge on any atom is -0.382 e. The van der Waals surface area contributed by atoms with Gasteiger partial charge in [-0.05, 0) is 43.7 Å². The van der Waals surface area contributed by atoms with Crippen LogP contribution in [0.25, 0.3) is 5.69 Å². The molecule has 1 aliphatic heterocycles. The van der Waals surface area contributed by atoms with Crippen LogP contribution in [0.3, 0.4) is 0 Å². The number of piperidine rings is 1. The van der Waals surface area contributed by atoms with E-state index in [1.54, 1.807) is 4.68 Å². The van der Waals surface area contributed by atoms with E-state index in [1.165, 1.54) is 12.8 Å². The molecule has 0 amide bonds. The zero-order valence-electron chi connectivity index (χ0n) is 16.7. The van der Waals surface area contributed by atoms with E-state index in [9.17, 15) is 5.26 Å². The van der Waals surface area contributed by atoms with Crippen molar-refractivity contribution >= 4 is 11.8 Å². The molecule has 1 aromatic carbocycles. The number of benzene rings is 1. The maximum absolute atomic E-state index is 9.51. The average Bonchev–Trinajstić information content (AvgIpc) is 3.05. The number of nitrogens with zero attached hydrogens (tertiary/aromatic N) is 5. The SMILES string of the molecule is CN=C(NCCCc1nn(-c2ccccc2)c(N)c1C#N)N1CCC(C)CC1. The van der Waals surface area contributed by atoms with E-state index in [4.69, 9.17) is 5.73 Å². The number of nitrogens with one attached hydrogen (secondary N) is 1. The molecule has 1 fully saturated rings. The van der Waals surface area contributed by atoms with Gasteiger partial charge < -0.3 is 16.0 Å². The van der Waals surface area contributed by atoms with Gasteiger partial charge in [0.05, 0.1) is 11.4 Å². The van der Waals surface area contributed by atoms with Gasteiger partial charge in [-0.25, -0.2) is 4.68 Å². The molecule has 2 aromatic rings. The molecule has 0 unspecified atom stereocenters. The van der Waals surface area contributed by atoms with Gasteiger partial charge in [0.25, 0.3) is 0 Å². The Bertz CT molecular complexity index is 840. The van der Waals surface area contributed by atoms with Crippen LogP contribution in [0.5, 0.6) is 0 Å². The quantitative estimate of drug-likeness (QED) is 0.473. The third kappa shape index (κ3) is 4.45. The van der Waals surface area contributed by atoms with Crippen molar-refractivity contribution in [3.63, 3.8) is 0 Å². The second kappa shape index (κ2) is 9.27. The van der Waals surface area contributed by atoms with E-state index in [2.05, 4.69) is 33.3 Å². The first-order valence-corrected chi connectivity index (χ1v) is 9.92. The van der Waals surface area contributed by atoms with Crippen molar-refractivity contribution in [2.45, 2.75) is 32.6 Å². The Morgan fingerprint density at radius 1 is 1.32 bits per heavy atom. The van der Waals surface area contributed by atoms with Gasteiger partial charge in [-0.2, -0.15) is 10.4 Å². The van der Waals surface area contributed by atoms with E-state index >= 15 is 0 Å². The maximum Gasteiger partial charge on any atom is 0.193 e. The highest BCUT2D eigenvalue weighted by Gasteiger charge is 2.19. The van der Waals surface area contributed by atoms with E-state index < -0.39 is 0 Å². The summed E-state index contributed by atoms with van der Waals surface area (Å²) in [6.45, 7) is 5.19. The summed E-state index contributed by atoms with van der Waals surface area (Å²) in [5, 5.41) is 17.5. The third-order valence-corrected chi connectivity index (χ3v) is 5.27. The fourth-order valence-electron chi connectivity index (χ4n) is 3.55. The topological polar surface area (TPSA) is 95.3 Å². The smallest absolute Gasteiger partial charge is 0.193 e. The van der Waals surface area contributed by atoms with Gasteiger partial charge in [0.1, 0.15) is 17.5 Å². The number of aryl methyl sites for hydroxylation is 1. The summed E-state index contributed by atoms with van der Waals surface area (Å²) in [6.07, 6.45) is 3.96. The number of guanidine groups is 1. The Labute approximate surface area is 166 Å². The number of rotatable bonds is 5. The van der Waals surface area contributed by atoms with Crippen molar-refractivity contribution in [1.82, 2.24) is 20.0 Å². The Morgan fingerprint density at radius 2 is 2.04 bits per heavy atom. The number of hydrogen-bond acceptors (Lipinski definition) is 4. The normalized spacial score (nSPS) is 15.5. The van der Waals surface area contributed by atoms with Crippen LogP contribution >= 0.6 is 0 Å². The maximum atomic E-state index is 9.51. The van der Waals surface area contributed by atoms with E-state index in [-0.39, 0.29) is 0 Å². The third-order valence-electron chi connectivity index (χ3n) is 5.27. The lowest BCUT2D eigenvalue weighted by Gasteiger charge is -2.32. The zero-order chi connectivity index (χ0) is 19.9. The molecule has 148 valence electrons. The lowest BCUT2D eigenvalue weighted by atomic mass is 10.00. The molecule has 7 heteroatoms. The second-order valence-electron chi connectivity index (χ2n) is 7.31. The van der Waals surface area contributed by atoms with Crippen LogP contribution in [-0.2, 0) is 6.42 Å². The highest BCUT2D eigenvalue weighted by atomic mass is 15.3. The van der Waals surface area contributed by atoms with Gasteiger partial charge in [0, 0.05) is 26.7 Å². The van der Waals surface area contributed by atoms with Crippen molar-refractivity contribution in [3.8, 4) is 11.8 Å². The molecular formula is C21H29N7. The Kier molecular flexibility index (Phi) is 6.53. The van der Waals surface area contributed by atoms with Crippen LogP contribution in [0, 0.1) is 17.2 Å². The highest BCUT2D eigenvalue weighted by molar-refractivity contribution is 5.79. The number of hydrogen-bond donors (Lipinski definition) is 2. The average molecular weight is 380 g/mol. The summed E-state index contributed by atoms with van der Waals surface area (Å²) in [6, 6.07) is 11.9. The van der Waals surface area contributed by atoms with Gasteiger partial charge in [0.15, 0.2) is 5.96 Å². The minimum absolute atomic E-state index is 0.398. The molecule has 0 bridgehead atoms. The van der Waals surface area contributed by atoms with Crippen molar-refractivity contribution in [2.75, 3.05) is 32.4 Å². The second-order valence-corrected chi connectivity index (χ2v) is 7.31. The molecular weight excluding hydrogens is 350 g/mol. The summed E-state index contributed by atoms with van der Waals surface area (Å²) in [4.78, 5) is 6.73. The molecule has 28 heavy (non-hydrogen) atoms. The first-order chi connectivity index (χ1) is 13.6. The highest BCUT2D eigenvalue weighted by Crippen LogP contribution is 2.21. The predicted octanol–water partition coefficient (Wildman–Crippen LogP) is 2.57. The van der Waals surface area contributed by atoms with E-state index in [0.717, 1.165) is 49.3 Å². The first kappa shape index (κ1) is 19.7. The van der Waals surface area contributed by atoms with Crippen molar-refractivity contribution < 1.29 is 0 Å². The number of aromatic nitrogens is 2. The van der Waals surface area contributed by atoms with Gasteiger partial charge >= 0.3 is 0 Å². The molecule has 1 aliphatic rings. The molecule has 3 N–H and O–H groups in total. The first-order valence-electron chi connectivity index (χ1n) is 9.92. The summed E-state index contributed by atoms with van der Waals surface area (Å²) in [5.41, 5.74) is 8.24. The molecule has 7 nitrogen and oxygen atoms in total. The summed E-state index contributed by atoms with van der Waals surface area (Å²) < 4.78 is 1.65. The van der Waals surface area contributed by atoms with Crippen molar-refractivity contribution in [1.29, 1.82) is 5.26 Å². The number of aliphatic imine (C=N–C) groups is 1. The Hall–Kier alpha value is -3.01. The molecule has 0 atom stereocenters. The molecule has 0 radical (unpaired) electrons. The Morgan fingerprint density at radius 3 is 2.68 bits per heavy atom. The molecule has 3 rings (SSSR count). The number of anilines is 1. The summed E-state index contributed by atoms with van der Waals surface area (Å²) >= 11 is 0. The van der Waals surface area contributed by atoms with Crippen LogP contribution < -0.4 is 11.1 Å². The van der Waals surface area contributed by atoms with Crippen LogP contribution in [-0.4, -0.2) is 47.3 Å². The van der Waals surface area contributed by atoms with Gasteiger partial charge in [-0.3, -0.25) is 4.99 Å². The number of likely N-dealkylation sites (tertiary alicyclic amines) is 1. The van der Waals surface area contributed by atoms with Gasteiger partial charge in [-0.1, -0.05) is 25.1 Å². The number of nitrogen functional groups attached to an aromatic ring is 1. The predicted molar refractivity (Wildman–Crippen MR) is 112 cm³/mol. The lowest BCUT2D eigenvalue weighted by molar-refractivity contribution is 0.273.